The van der Waals surface area contributed by atoms with Gasteiger partial charge in [-0.25, -0.2) is 4.99 Å². The van der Waals surface area contributed by atoms with Gasteiger partial charge in [-0.15, -0.1) is 0 Å². The monoisotopic (exact) mass is 510 g/mol. The van der Waals surface area contributed by atoms with Gasteiger partial charge in [0.25, 0.3) is 5.91 Å². The number of aliphatic imine (C=N–C) groups is 1. The van der Waals surface area contributed by atoms with E-state index in [2.05, 4.69) is 15.6 Å². The molecular formula is C23H22ClF3N4O4. The lowest BCUT2D eigenvalue weighted by molar-refractivity contribution is -0.143. The van der Waals surface area contributed by atoms with E-state index in [1.54, 1.807) is 42.5 Å². The Labute approximate surface area is 203 Å². The van der Waals surface area contributed by atoms with E-state index in [0.717, 1.165) is 0 Å². The number of primary amides is 1. The highest BCUT2D eigenvalue weighted by Crippen LogP contribution is 2.33. The van der Waals surface area contributed by atoms with Gasteiger partial charge in [0.05, 0.1) is 18.5 Å². The smallest absolute Gasteiger partial charge is 0.389 e. The van der Waals surface area contributed by atoms with Gasteiger partial charge in [0, 0.05) is 34.9 Å². The van der Waals surface area contributed by atoms with Gasteiger partial charge in [0.15, 0.2) is 0 Å². The lowest BCUT2D eigenvalue weighted by Gasteiger charge is -2.19. The first-order valence-electron chi connectivity index (χ1n) is 10.5. The van der Waals surface area contributed by atoms with Crippen molar-refractivity contribution in [3.05, 3.63) is 58.6 Å². The Balaban J connectivity index is 2.00. The highest BCUT2D eigenvalue weighted by molar-refractivity contribution is 6.31. The van der Waals surface area contributed by atoms with E-state index in [1.165, 1.54) is 7.11 Å². The molecule has 2 aromatic carbocycles. The Morgan fingerprint density at radius 2 is 1.97 bits per heavy atom. The summed E-state index contributed by atoms with van der Waals surface area (Å²) < 4.78 is 43.5. The molecule has 1 aliphatic heterocycles. The van der Waals surface area contributed by atoms with Crippen LogP contribution in [0.5, 0.6) is 5.75 Å². The van der Waals surface area contributed by atoms with Crippen molar-refractivity contribution < 1.29 is 32.3 Å². The average Bonchev–Trinajstić information content (AvgIpc) is 2.92. The average molecular weight is 511 g/mol. The Hall–Kier alpha value is -3.60. The van der Waals surface area contributed by atoms with Crippen LogP contribution in [0, 0.1) is 5.92 Å². The summed E-state index contributed by atoms with van der Waals surface area (Å²) in [5, 5.41) is 5.40. The summed E-state index contributed by atoms with van der Waals surface area (Å²) in [4.78, 5) is 41.6. The number of fused-ring (bicyclic) bond motifs is 1. The predicted octanol–water partition coefficient (Wildman–Crippen LogP) is 3.41. The van der Waals surface area contributed by atoms with Gasteiger partial charge in [-0.05, 0) is 24.6 Å². The third-order valence-corrected chi connectivity index (χ3v) is 5.46. The summed E-state index contributed by atoms with van der Waals surface area (Å²) in [7, 11) is 1.41. The molecule has 0 saturated carbocycles. The van der Waals surface area contributed by atoms with Gasteiger partial charge in [-0.1, -0.05) is 35.9 Å². The Bertz CT molecular complexity index is 1170. The fourth-order valence-corrected chi connectivity index (χ4v) is 3.79. The Morgan fingerprint density at radius 1 is 1.26 bits per heavy atom. The van der Waals surface area contributed by atoms with Crippen molar-refractivity contribution >= 4 is 40.7 Å². The van der Waals surface area contributed by atoms with Crippen LogP contribution in [0.3, 0.4) is 0 Å². The van der Waals surface area contributed by atoms with Crippen LogP contribution in [0.2, 0.25) is 5.02 Å². The van der Waals surface area contributed by atoms with Gasteiger partial charge in [-0.3, -0.25) is 14.4 Å². The second-order valence-electron chi connectivity index (χ2n) is 7.79. The number of carbonyl (C=O) groups is 3. The van der Waals surface area contributed by atoms with Crippen molar-refractivity contribution in [3.63, 3.8) is 0 Å². The van der Waals surface area contributed by atoms with Crippen molar-refractivity contribution in [3.8, 4) is 5.75 Å². The second-order valence-corrected chi connectivity index (χ2v) is 8.23. The van der Waals surface area contributed by atoms with Crippen molar-refractivity contribution in [1.29, 1.82) is 0 Å². The van der Waals surface area contributed by atoms with Crippen molar-refractivity contribution in [2.24, 2.45) is 16.6 Å². The zero-order chi connectivity index (χ0) is 25.8. The zero-order valence-corrected chi connectivity index (χ0v) is 19.2. The lowest BCUT2D eigenvalue weighted by Crippen LogP contribution is -2.45. The van der Waals surface area contributed by atoms with Crippen LogP contribution in [0.1, 0.15) is 30.4 Å². The number of methoxy groups -OCH3 is 1. The molecule has 0 radical (unpaired) electrons. The van der Waals surface area contributed by atoms with Crippen LogP contribution < -0.4 is 21.1 Å². The van der Waals surface area contributed by atoms with Gasteiger partial charge in [0.2, 0.25) is 18.0 Å². The number of ether oxygens (including phenoxy) is 1. The van der Waals surface area contributed by atoms with E-state index in [-0.39, 0.29) is 5.71 Å². The molecule has 0 saturated heterocycles. The number of halogens is 4. The second kappa shape index (κ2) is 10.8. The number of carbonyl (C=O) groups excluding carboxylic acids is 3. The van der Waals surface area contributed by atoms with Gasteiger partial charge < -0.3 is 21.1 Å². The number of benzodiazepines with no additional fused rings is 1. The van der Waals surface area contributed by atoms with E-state index in [9.17, 15) is 27.6 Å². The van der Waals surface area contributed by atoms with E-state index >= 15 is 0 Å². The molecule has 1 heterocycles. The molecule has 12 heteroatoms. The molecule has 0 fully saturated rings. The minimum atomic E-state index is -4.54. The predicted molar refractivity (Wildman–Crippen MR) is 123 cm³/mol. The first-order chi connectivity index (χ1) is 16.5. The fourth-order valence-electron chi connectivity index (χ4n) is 3.60. The summed E-state index contributed by atoms with van der Waals surface area (Å²) >= 11 is 6.13. The van der Waals surface area contributed by atoms with Crippen LogP contribution in [-0.2, 0) is 14.4 Å². The van der Waals surface area contributed by atoms with Gasteiger partial charge >= 0.3 is 6.18 Å². The van der Waals surface area contributed by atoms with Crippen LogP contribution in [0.15, 0.2) is 47.5 Å². The molecule has 186 valence electrons. The largest absolute Gasteiger partial charge is 0.495 e. The fraction of sp³-hybridized carbons (Fsp3) is 0.304. The Kier molecular flexibility index (Phi) is 8.00. The number of amides is 3. The van der Waals surface area contributed by atoms with Gasteiger partial charge in [0.1, 0.15) is 5.75 Å². The summed E-state index contributed by atoms with van der Waals surface area (Å²) in [6.07, 6.45) is -8.64. The lowest BCUT2D eigenvalue weighted by atomic mass is 9.97. The zero-order valence-electron chi connectivity index (χ0n) is 18.5. The van der Waals surface area contributed by atoms with Crippen molar-refractivity contribution in [1.82, 2.24) is 5.32 Å². The van der Waals surface area contributed by atoms with Crippen molar-refractivity contribution in [2.75, 3.05) is 12.4 Å². The highest BCUT2D eigenvalue weighted by Gasteiger charge is 2.34. The maximum absolute atomic E-state index is 13.0. The molecule has 35 heavy (non-hydrogen) atoms. The third-order valence-electron chi connectivity index (χ3n) is 5.23. The van der Waals surface area contributed by atoms with E-state index in [0.29, 0.717) is 27.6 Å². The van der Waals surface area contributed by atoms with E-state index in [4.69, 9.17) is 22.1 Å². The first-order valence-corrected chi connectivity index (χ1v) is 10.8. The molecule has 8 nitrogen and oxygen atoms in total. The number of anilines is 1. The van der Waals surface area contributed by atoms with Crippen LogP contribution in [0.4, 0.5) is 18.9 Å². The number of nitrogens with two attached hydrogens (primary N) is 1. The maximum Gasteiger partial charge on any atom is 0.389 e. The van der Waals surface area contributed by atoms with Gasteiger partial charge in [-0.2, -0.15) is 13.2 Å². The van der Waals surface area contributed by atoms with E-state index in [1.807, 2.05) is 0 Å². The van der Waals surface area contributed by atoms with E-state index < -0.39 is 55.2 Å². The molecule has 1 aliphatic rings. The molecule has 4 N–H and O–H groups in total. The molecule has 0 aromatic heterocycles. The number of para-hydroxylation sites is 1. The molecule has 0 spiro atoms. The summed E-state index contributed by atoms with van der Waals surface area (Å²) in [6.45, 7) is 0. The number of benzene rings is 2. The number of nitrogens with zero attached hydrogens (tertiary/aromatic N) is 1. The molecule has 2 atom stereocenters. The first kappa shape index (κ1) is 26.0. The molecule has 2 unspecified atom stereocenters. The molecule has 3 rings (SSSR count). The van der Waals surface area contributed by atoms with Crippen LogP contribution in [0.25, 0.3) is 0 Å². The number of hydrogen-bond acceptors (Lipinski definition) is 5. The molecule has 0 bridgehead atoms. The summed E-state index contributed by atoms with van der Waals surface area (Å²) in [6, 6.07) is 11.6. The SMILES string of the molecule is COc1cccc2c1NC(=O)C(NC(=O)C(CCC(F)(F)F)CC(N)=O)N=C2c1cccc(Cl)c1. The number of alkyl halides is 3. The topological polar surface area (TPSA) is 123 Å². The minimum absolute atomic E-state index is 0.284. The van der Waals surface area contributed by atoms with Crippen LogP contribution in [-0.4, -0.2) is 42.9 Å². The quantitative estimate of drug-likeness (QED) is 0.503. The molecule has 3 amide bonds. The molecule has 0 aliphatic carbocycles. The number of hydrogen-bond donors (Lipinski definition) is 3. The molecule has 2 aromatic rings. The van der Waals surface area contributed by atoms with Crippen LogP contribution >= 0.6 is 11.6 Å². The highest BCUT2D eigenvalue weighted by atomic mass is 35.5. The third kappa shape index (κ3) is 6.72. The number of nitrogens with one attached hydrogen (secondary N) is 2. The Morgan fingerprint density at radius 3 is 2.60 bits per heavy atom. The van der Waals surface area contributed by atoms with Crippen molar-refractivity contribution in [2.45, 2.75) is 31.6 Å². The maximum atomic E-state index is 13.0. The summed E-state index contributed by atoms with van der Waals surface area (Å²) in [5.74, 6) is -3.73. The molecular weight excluding hydrogens is 489 g/mol. The normalized spacial score (nSPS) is 16.3. The number of rotatable bonds is 8. The minimum Gasteiger partial charge on any atom is -0.495 e. The summed E-state index contributed by atoms with van der Waals surface area (Å²) in [5.41, 5.74) is 6.70. The standard InChI is InChI=1S/C23H22ClF3N4O4/c1-35-16-7-3-6-15-18(12-4-2-5-14(24)10-12)29-20(22(34)30-19(15)16)31-21(33)13(11-17(28)32)8-9-23(25,26)27/h2-7,10,13,20H,8-9,11H2,1H3,(H2,28,32)(H,30,34)(H,31,33).